The van der Waals surface area contributed by atoms with Gasteiger partial charge in [0, 0.05) is 15.7 Å². The average molecular weight is 510 g/mol. The minimum absolute atomic E-state index is 0.426. The number of benzene rings is 2. The van der Waals surface area contributed by atoms with E-state index < -0.39 is 6.23 Å². The molecule has 138 valence electrons. The number of para-hydroxylation sites is 1. The molecule has 0 spiro atoms. The standard InChI is InChI=1S/C18H14Br2N4O2S/c1-25-15-11(7-9(19)8-12(15)20)16-21-13-6-4-3-5-10(13)14-17(26-16)22-18(27-2)24-23-14/h3-8,16,21H,1-2H3/t16-/m1/s1. The quantitative estimate of drug-likeness (QED) is 0.480. The van der Waals surface area contributed by atoms with Crippen molar-refractivity contribution in [3.8, 4) is 22.9 Å². The van der Waals surface area contributed by atoms with E-state index >= 15 is 0 Å². The Bertz CT molecular complexity index is 1020. The molecule has 0 unspecified atom stereocenters. The molecule has 1 N–H and O–H groups in total. The Balaban J connectivity index is 1.90. The first-order valence-corrected chi connectivity index (χ1v) is 10.8. The second-order valence-corrected chi connectivity index (χ2v) is 8.19. The molecule has 0 saturated carbocycles. The fourth-order valence-corrected chi connectivity index (χ4v) is 4.58. The van der Waals surface area contributed by atoms with E-state index in [2.05, 4.69) is 52.4 Å². The first-order valence-electron chi connectivity index (χ1n) is 7.95. The summed E-state index contributed by atoms with van der Waals surface area (Å²) in [6.45, 7) is 0. The summed E-state index contributed by atoms with van der Waals surface area (Å²) in [5, 5.41) is 12.5. The van der Waals surface area contributed by atoms with Gasteiger partial charge < -0.3 is 14.8 Å². The van der Waals surface area contributed by atoms with Crippen LogP contribution >= 0.6 is 43.6 Å². The Morgan fingerprint density at radius 2 is 2.00 bits per heavy atom. The van der Waals surface area contributed by atoms with Crippen molar-refractivity contribution >= 4 is 49.3 Å². The lowest BCUT2D eigenvalue weighted by Crippen LogP contribution is -2.18. The zero-order valence-corrected chi connectivity index (χ0v) is 18.4. The molecule has 1 aliphatic rings. The molecule has 1 aromatic heterocycles. The number of rotatable bonds is 3. The summed E-state index contributed by atoms with van der Waals surface area (Å²) in [7, 11) is 1.63. The summed E-state index contributed by atoms with van der Waals surface area (Å²) >= 11 is 8.50. The highest BCUT2D eigenvalue weighted by Crippen LogP contribution is 2.43. The Labute approximate surface area is 177 Å². The first kappa shape index (κ1) is 18.5. The molecule has 0 aliphatic carbocycles. The molecule has 0 fully saturated rings. The van der Waals surface area contributed by atoms with Crippen molar-refractivity contribution in [2.45, 2.75) is 11.4 Å². The van der Waals surface area contributed by atoms with E-state index in [9.17, 15) is 0 Å². The van der Waals surface area contributed by atoms with Crippen LogP contribution in [0.2, 0.25) is 0 Å². The molecule has 1 atom stereocenters. The fourth-order valence-electron chi connectivity index (χ4n) is 2.86. The number of methoxy groups -OCH3 is 1. The summed E-state index contributed by atoms with van der Waals surface area (Å²) in [6.07, 6.45) is 1.38. The number of halogens is 2. The topological polar surface area (TPSA) is 69.2 Å². The van der Waals surface area contributed by atoms with Gasteiger partial charge in [0.25, 0.3) is 0 Å². The number of ether oxygens (including phenoxy) is 2. The highest BCUT2D eigenvalue weighted by atomic mass is 79.9. The molecule has 9 heteroatoms. The van der Waals surface area contributed by atoms with Crippen LogP contribution in [0.15, 0.2) is 50.5 Å². The highest BCUT2D eigenvalue weighted by Gasteiger charge is 2.28. The van der Waals surface area contributed by atoms with E-state index in [1.54, 1.807) is 7.11 Å². The van der Waals surface area contributed by atoms with Gasteiger partial charge in [-0.25, -0.2) is 0 Å². The third-order valence-electron chi connectivity index (χ3n) is 4.04. The van der Waals surface area contributed by atoms with E-state index in [-0.39, 0.29) is 0 Å². The van der Waals surface area contributed by atoms with Crippen molar-refractivity contribution in [1.29, 1.82) is 0 Å². The number of nitrogens with zero attached hydrogens (tertiary/aromatic N) is 3. The van der Waals surface area contributed by atoms with Gasteiger partial charge in [-0.1, -0.05) is 45.9 Å². The van der Waals surface area contributed by atoms with Crippen molar-refractivity contribution in [2.75, 3.05) is 18.7 Å². The minimum Gasteiger partial charge on any atom is -0.495 e. The Kier molecular flexibility index (Phi) is 5.25. The maximum Gasteiger partial charge on any atom is 0.247 e. The van der Waals surface area contributed by atoms with Gasteiger partial charge in [0.05, 0.1) is 17.1 Å². The summed E-state index contributed by atoms with van der Waals surface area (Å²) in [4.78, 5) is 4.53. The SMILES string of the molecule is COc1c(Br)cc(Br)cc1[C@@H]1Nc2ccccc2-c2nnc(SC)nc2O1. The predicted molar refractivity (Wildman–Crippen MR) is 112 cm³/mol. The molecule has 0 bridgehead atoms. The molecular formula is C18H14Br2N4O2S. The second-order valence-electron chi connectivity index (χ2n) is 5.65. The van der Waals surface area contributed by atoms with Crippen LogP contribution in [0.3, 0.4) is 0 Å². The number of nitrogens with one attached hydrogen (secondary N) is 1. The number of aromatic nitrogens is 3. The van der Waals surface area contributed by atoms with E-state index in [1.807, 2.05) is 42.7 Å². The van der Waals surface area contributed by atoms with Gasteiger partial charge in [-0.2, -0.15) is 4.98 Å². The number of hydrogen-bond acceptors (Lipinski definition) is 7. The molecule has 3 aromatic rings. The van der Waals surface area contributed by atoms with Crippen molar-refractivity contribution in [3.63, 3.8) is 0 Å². The molecule has 6 nitrogen and oxygen atoms in total. The van der Waals surface area contributed by atoms with Crippen LogP contribution in [0.25, 0.3) is 11.3 Å². The molecular weight excluding hydrogens is 496 g/mol. The summed E-state index contributed by atoms with van der Waals surface area (Å²) in [6, 6.07) is 11.7. The van der Waals surface area contributed by atoms with Crippen LogP contribution in [0.4, 0.5) is 5.69 Å². The smallest absolute Gasteiger partial charge is 0.247 e. The third-order valence-corrected chi connectivity index (χ3v) is 5.62. The van der Waals surface area contributed by atoms with E-state index in [1.165, 1.54) is 11.8 Å². The van der Waals surface area contributed by atoms with Gasteiger partial charge in [0.1, 0.15) is 5.75 Å². The zero-order valence-electron chi connectivity index (χ0n) is 14.4. The second kappa shape index (κ2) is 7.65. The molecule has 1 aliphatic heterocycles. The summed E-state index contributed by atoms with van der Waals surface area (Å²) in [5.74, 6) is 1.11. The van der Waals surface area contributed by atoms with Gasteiger partial charge in [0.15, 0.2) is 5.69 Å². The van der Waals surface area contributed by atoms with Crippen LogP contribution in [-0.4, -0.2) is 28.5 Å². The van der Waals surface area contributed by atoms with Crippen LogP contribution in [0.5, 0.6) is 11.6 Å². The van der Waals surface area contributed by atoms with Crippen LogP contribution in [-0.2, 0) is 0 Å². The summed E-state index contributed by atoms with van der Waals surface area (Å²) in [5.41, 5.74) is 3.19. The van der Waals surface area contributed by atoms with E-state index in [0.717, 1.165) is 25.8 Å². The van der Waals surface area contributed by atoms with Crippen molar-refractivity contribution < 1.29 is 9.47 Å². The van der Waals surface area contributed by atoms with Crippen LogP contribution < -0.4 is 14.8 Å². The number of fused-ring (bicyclic) bond motifs is 3. The van der Waals surface area contributed by atoms with Crippen LogP contribution in [0.1, 0.15) is 11.8 Å². The van der Waals surface area contributed by atoms with Gasteiger partial charge in [0.2, 0.25) is 17.3 Å². The molecule has 2 aromatic carbocycles. The lowest BCUT2D eigenvalue weighted by atomic mass is 10.1. The lowest BCUT2D eigenvalue weighted by molar-refractivity contribution is 0.219. The number of thioether (sulfide) groups is 1. The fraction of sp³-hybridized carbons (Fsp3) is 0.167. The van der Waals surface area contributed by atoms with E-state index in [4.69, 9.17) is 9.47 Å². The normalized spacial score (nSPS) is 15.0. The van der Waals surface area contributed by atoms with Crippen molar-refractivity contribution in [3.05, 3.63) is 50.9 Å². The highest BCUT2D eigenvalue weighted by molar-refractivity contribution is 9.11. The molecule has 0 amide bonds. The largest absolute Gasteiger partial charge is 0.495 e. The molecule has 27 heavy (non-hydrogen) atoms. The Morgan fingerprint density at radius 1 is 1.19 bits per heavy atom. The van der Waals surface area contributed by atoms with Crippen LogP contribution in [0, 0.1) is 0 Å². The lowest BCUT2D eigenvalue weighted by Gasteiger charge is -2.22. The molecule has 0 radical (unpaired) electrons. The molecule has 2 heterocycles. The monoisotopic (exact) mass is 508 g/mol. The average Bonchev–Trinajstić information content (AvgIpc) is 2.83. The number of anilines is 1. The van der Waals surface area contributed by atoms with Gasteiger partial charge >= 0.3 is 0 Å². The Morgan fingerprint density at radius 3 is 2.78 bits per heavy atom. The minimum atomic E-state index is -0.525. The maximum atomic E-state index is 6.26. The molecule has 4 rings (SSSR count). The van der Waals surface area contributed by atoms with Crippen molar-refractivity contribution in [2.24, 2.45) is 0 Å². The zero-order chi connectivity index (χ0) is 19.0. The molecule has 0 saturated heterocycles. The van der Waals surface area contributed by atoms with Gasteiger partial charge in [-0.3, -0.25) is 0 Å². The van der Waals surface area contributed by atoms with Crippen molar-refractivity contribution in [1.82, 2.24) is 15.2 Å². The number of hydrogen-bond donors (Lipinski definition) is 1. The van der Waals surface area contributed by atoms with E-state index in [0.29, 0.717) is 22.5 Å². The predicted octanol–water partition coefficient (Wildman–Crippen LogP) is 5.30. The van der Waals surface area contributed by atoms with Gasteiger partial charge in [-0.15, -0.1) is 10.2 Å². The third kappa shape index (κ3) is 3.51. The maximum absolute atomic E-state index is 6.26. The summed E-state index contributed by atoms with van der Waals surface area (Å²) < 4.78 is 13.6. The first-order chi connectivity index (χ1) is 13.1. The van der Waals surface area contributed by atoms with Gasteiger partial charge in [-0.05, 0) is 40.4 Å². The Hall–Kier alpha value is -1.84.